The topological polar surface area (TPSA) is 61.9 Å². The summed E-state index contributed by atoms with van der Waals surface area (Å²) >= 11 is 0. The van der Waals surface area contributed by atoms with Crippen LogP contribution in [0, 0.1) is 0 Å². The van der Waals surface area contributed by atoms with Gasteiger partial charge in [-0.05, 0) is 52.3 Å². The molecular formula is C20H31N3O3. The van der Waals surface area contributed by atoms with Crippen LogP contribution in [0.15, 0.2) is 24.3 Å². The third-order valence-corrected chi connectivity index (χ3v) is 4.68. The van der Waals surface area contributed by atoms with Crippen molar-refractivity contribution in [1.29, 1.82) is 0 Å². The molecule has 6 nitrogen and oxygen atoms in total. The van der Waals surface area contributed by atoms with Crippen LogP contribution < -0.4 is 10.2 Å². The number of anilines is 1. The average Bonchev–Trinajstić information content (AvgIpc) is 2.59. The highest BCUT2D eigenvalue weighted by Crippen LogP contribution is 2.26. The minimum atomic E-state index is -0.567. The molecule has 144 valence electrons. The van der Waals surface area contributed by atoms with E-state index in [0.29, 0.717) is 13.1 Å². The van der Waals surface area contributed by atoms with E-state index >= 15 is 0 Å². The monoisotopic (exact) mass is 361 g/mol. The zero-order valence-corrected chi connectivity index (χ0v) is 16.8. The Hall–Kier alpha value is -2.24. The summed E-state index contributed by atoms with van der Waals surface area (Å²) in [4.78, 5) is 28.2. The first-order valence-electron chi connectivity index (χ1n) is 9.10. The number of likely N-dealkylation sites (N-methyl/N-ethyl adjacent to an activating group) is 1. The first kappa shape index (κ1) is 20.1. The molecule has 1 saturated heterocycles. The number of carbonyl (C=O) groups is 2. The van der Waals surface area contributed by atoms with Gasteiger partial charge in [-0.15, -0.1) is 0 Å². The number of benzene rings is 1. The quantitative estimate of drug-likeness (QED) is 0.899. The lowest BCUT2D eigenvalue weighted by Gasteiger charge is -2.37. The molecule has 0 radical (unpaired) electrons. The maximum absolute atomic E-state index is 12.2. The van der Waals surface area contributed by atoms with E-state index in [2.05, 4.69) is 10.2 Å². The van der Waals surface area contributed by atoms with Gasteiger partial charge >= 0.3 is 6.09 Å². The molecule has 2 amide bonds. The fourth-order valence-corrected chi connectivity index (χ4v) is 3.01. The maximum Gasteiger partial charge on any atom is 0.410 e. The van der Waals surface area contributed by atoms with E-state index in [4.69, 9.17) is 4.74 Å². The number of carbonyl (C=O) groups excluding carboxylic acids is 2. The van der Waals surface area contributed by atoms with Crippen molar-refractivity contribution in [2.75, 3.05) is 38.1 Å². The smallest absolute Gasteiger partial charge is 0.410 e. The van der Waals surface area contributed by atoms with Crippen molar-refractivity contribution in [2.24, 2.45) is 0 Å². The van der Waals surface area contributed by atoms with Gasteiger partial charge in [0.2, 0.25) is 5.91 Å². The second-order valence-corrected chi connectivity index (χ2v) is 8.21. The lowest BCUT2D eigenvalue weighted by molar-refractivity contribution is -0.125. The molecule has 1 aromatic carbocycles. The van der Waals surface area contributed by atoms with Crippen molar-refractivity contribution in [1.82, 2.24) is 10.2 Å². The summed E-state index contributed by atoms with van der Waals surface area (Å²) in [5, 5.41) is 2.71. The van der Waals surface area contributed by atoms with Gasteiger partial charge in [-0.25, -0.2) is 4.79 Å². The van der Waals surface area contributed by atoms with Gasteiger partial charge in [-0.2, -0.15) is 0 Å². The van der Waals surface area contributed by atoms with E-state index in [1.165, 1.54) is 0 Å². The normalized spacial score (nSPS) is 15.6. The first-order chi connectivity index (χ1) is 12.0. The third kappa shape index (κ3) is 4.68. The summed E-state index contributed by atoms with van der Waals surface area (Å²) in [7, 11) is 1.66. The number of nitrogens with one attached hydrogen (secondary N) is 1. The van der Waals surface area contributed by atoms with Crippen LogP contribution in [0.2, 0.25) is 0 Å². The van der Waals surface area contributed by atoms with Crippen molar-refractivity contribution in [3.05, 3.63) is 29.8 Å². The van der Waals surface area contributed by atoms with E-state index in [-0.39, 0.29) is 12.0 Å². The molecule has 0 unspecified atom stereocenters. The Kier molecular flexibility index (Phi) is 5.84. The molecule has 6 heteroatoms. The summed E-state index contributed by atoms with van der Waals surface area (Å²) in [5.74, 6) is -0.00350. The molecule has 1 aliphatic rings. The average molecular weight is 361 g/mol. The van der Waals surface area contributed by atoms with Crippen molar-refractivity contribution in [3.63, 3.8) is 0 Å². The van der Waals surface area contributed by atoms with E-state index in [9.17, 15) is 9.59 Å². The summed E-state index contributed by atoms with van der Waals surface area (Å²) < 4.78 is 5.43. The zero-order valence-electron chi connectivity index (χ0n) is 16.8. The van der Waals surface area contributed by atoms with Crippen molar-refractivity contribution >= 4 is 17.7 Å². The lowest BCUT2D eigenvalue weighted by Crippen LogP contribution is -2.50. The highest BCUT2D eigenvalue weighted by Gasteiger charge is 2.29. The van der Waals surface area contributed by atoms with Crippen LogP contribution in [0.25, 0.3) is 0 Å². The highest BCUT2D eigenvalue weighted by molar-refractivity contribution is 5.87. The van der Waals surface area contributed by atoms with Crippen molar-refractivity contribution < 1.29 is 14.3 Å². The molecule has 1 aromatic rings. The number of hydrogen-bond donors (Lipinski definition) is 1. The minimum Gasteiger partial charge on any atom is -0.444 e. The number of hydrogen-bond acceptors (Lipinski definition) is 4. The van der Waals surface area contributed by atoms with Gasteiger partial charge in [0.05, 0.1) is 5.41 Å². The molecule has 1 fully saturated rings. The molecule has 0 atom stereocenters. The molecule has 0 aliphatic carbocycles. The van der Waals surface area contributed by atoms with E-state index < -0.39 is 11.0 Å². The largest absolute Gasteiger partial charge is 0.444 e. The fraction of sp³-hybridized carbons (Fsp3) is 0.600. The van der Waals surface area contributed by atoms with Crippen molar-refractivity contribution in [3.8, 4) is 0 Å². The summed E-state index contributed by atoms with van der Waals surface area (Å²) in [6.07, 6.45) is -0.250. The lowest BCUT2D eigenvalue weighted by atomic mass is 9.83. The Morgan fingerprint density at radius 2 is 1.50 bits per heavy atom. The number of amides is 2. The molecule has 1 N–H and O–H groups in total. The molecule has 0 saturated carbocycles. The Balaban J connectivity index is 1.98. The van der Waals surface area contributed by atoms with Crippen LogP contribution in [0.5, 0.6) is 0 Å². The third-order valence-electron chi connectivity index (χ3n) is 4.68. The van der Waals surface area contributed by atoms with E-state index in [0.717, 1.165) is 24.3 Å². The van der Waals surface area contributed by atoms with Gasteiger partial charge in [0.1, 0.15) is 5.60 Å². The van der Waals surface area contributed by atoms with Gasteiger partial charge in [-0.3, -0.25) is 4.79 Å². The Morgan fingerprint density at radius 1 is 0.962 bits per heavy atom. The van der Waals surface area contributed by atoms with Crippen LogP contribution >= 0.6 is 0 Å². The Labute approximate surface area is 156 Å². The van der Waals surface area contributed by atoms with Gasteiger partial charge in [0.15, 0.2) is 0 Å². The number of ether oxygens (including phenoxy) is 1. The Morgan fingerprint density at radius 3 is 1.96 bits per heavy atom. The standard InChI is InChI=1S/C20H31N3O3/c1-19(2,3)26-18(25)23-13-11-22(12-14-23)16-9-7-15(8-10-16)20(4,5)17(24)21-6/h7-10H,11-14H2,1-6H3,(H,21,24). The first-order valence-corrected chi connectivity index (χ1v) is 9.10. The second kappa shape index (κ2) is 7.56. The molecular weight excluding hydrogens is 330 g/mol. The van der Waals surface area contributed by atoms with E-state index in [1.807, 2.05) is 58.9 Å². The summed E-state index contributed by atoms with van der Waals surface area (Å²) in [6.45, 7) is 12.3. The summed E-state index contributed by atoms with van der Waals surface area (Å²) in [5.41, 5.74) is 1.04. The molecule has 0 aromatic heterocycles. The zero-order chi connectivity index (χ0) is 19.5. The van der Waals surface area contributed by atoms with Crippen LogP contribution in [0.3, 0.4) is 0 Å². The van der Waals surface area contributed by atoms with E-state index in [1.54, 1.807) is 11.9 Å². The number of piperazine rings is 1. The predicted octanol–water partition coefficient (Wildman–Crippen LogP) is 2.77. The molecule has 26 heavy (non-hydrogen) atoms. The van der Waals surface area contributed by atoms with Gasteiger partial charge in [-0.1, -0.05) is 12.1 Å². The highest BCUT2D eigenvalue weighted by atomic mass is 16.6. The number of rotatable bonds is 3. The maximum atomic E-state index is 12.2. The van der Waals surface area contributed by atoms with Crippen LogP contribution in [0.4, 0.5) is 10.5 Å². The molecule has 0 spiro atoms. The van der Waals surface area contributed by atoms with Crippen molar-refractivity contribution in [2.45, 2.75) is 45.6 Å². The second-order valence-electron chi connectivity index (χ2n) is 8.21. The SMILES string of the molecule is CNC(=O)C(C)(C)c1ccc(N2CCN(C(=O)OC(C)(C)C)CC2)cc1. The van der Waals surface area contributed by atoms with Crippen LogP contribution in [-0.4, -0.2) is 55.7 Å². The molecule has 1 heterocycles. The molecule has 2 rings (SSSR count). The van der Waals surface area contributed by atoms with Gasteiger partial charge < -0.3 is 19.9 Å². The van der Waals surface area contributed by atoms with Crippen LogP contribution in [-0.2, 0) is 14.9 Å². The predicted molar refractivity (Wildman–Crippen MR) is 104 cm³/mol. The Bertz CT molecular complexity index is 639. The summed E-state index contributed by atoms with van der Waals surface area (Å²) in [6, 6.07) is 8.10. The number of nitrogens with zero attached hydrogens (tertiary/aromatic N) is 2. The fourth-order valence-electron chi connectivity index (χ4n) is 3.01. The molecule has 1 aliphatic heterocycles. The van der Waals surface area contributed by atoms with Crippen LogP contribution in [0.1, 0.15) is 40.2 Å². The molecule has 0 bridgehead atoms. The minimum absolute atomic E-state index is 0.00350. The van der Waals surface area contributed by atoms with Gasteiger partial charge in [0, 0.05) is 38.9 Å². The van der Waals surface area contributed by atoms with Gasteiger partial charge in [0.25, 0.3) is 0 Å².